The van der Waals surface area contributed by atoms with Crippen LogP contribution in [-0.2, 0) is 0 Å². The number of aliphatic hydroxyl groups excluding tert-OH is 1. The van der Waals surface area contributed by atoms with Crippen LogP contribution in [0.25, 0.3) is 0 Å². The van der Waals surface area contributed by atoms with Gasteiger partial charge < -0.3 is 5.11 Å². The van der Waals surface area contributed by atoms with Gasteiger partial charge in [-0.05, 0) is 19.3 Å². The van der Waals surface area contributed by atoms with E-state index in [1.54, 1.807) is 0 Å². The van der Waals surface area contributed by atoms with Crippen LogP contribution in [-0.4, -0.2) is 42.4 Å². The topological polar surface area (TPSA) is 23.5 Å². The Labute approximate surface area is 80.7 Å². The molecule has 0 amide bonds. The first kappa shape index (κ1) is 12.8. The minimum atomic E-state index is -0.262. The zero-order valence-corrected chi connectivity index (χ0v) is 8.80. The number of hydrogen-bond acceptors (Lipinski definition) is 2. The van der Waals surface area contributed by atoms with Gasteiger partial charge in [-0.25, -0.2) is 0 Å². The first-order valence-corrected chi connectivity index (χ1v) is 5.20. The second-order valence-corrected chi connectivity index (χ2v) is 3.27. The van der Waals surface area contributed by atoms with E-state index in [2.05, 4.69) is 18.7 Å². The molecule has 0 aliphatic rings. The number of hydrogen-bond donors (Lipinski definition) is 1. The third-order valence-corrected chi connectivity index (χ3v) is 2.43. The molecule has 0 aliphatic heterocycles. The Kier molecular flexibility index (Phi) is 8.35. The molecule has 0 bridgehead atoms. The molecule has 0 radical (unpaired) electrons. The van der Waals surface area contributed by atoms with E-state index in [9.17, 15) is 4.39 Å². The maximum atomic E-state index is 12.0. The maximum absolute atomic E-state index is 12.0. The van der Waals surface area contributed by atoms with Gasteiger partial charge in [-0.3, -0.25) is 9.29 Å². The maximum Gasteiger partial charge on any atom is 0.0906 e. The van der Waals surface area contributed by atoms with Crippen molar-refractivity contribution in [3.05, 3.63) is 0 Å². The molecule has 3 heteroatoms. The minimum absolute atomic E-state index is 0.169. The summed E-state index contributed by atoms with van der Waals surface area (Å²) in [4.78, 5) is 2.18. The summed E-state index contributed by atoms with van der Waals surface area (Å²) in [5, 5.41) is 8.84. The van der Waals surface area contributed by atoms with Crippen molar-refractivity contribution in [3.8, 4) is 0 Å². The lowest BCUT2D eigenvalue weighted by atomic mass is 10.1. The molecule has 0 saturated heterocycles. The number of rotatable bonds is 8. The molecule has 0 aliphatic carbocycles. The summed E-state index contributed by atoms with van der Waals surface area (Å²) in [6, 6.07) is 0.499. The molecule has 0 heterocycles. The highest BCUT2D eigenvalue weighted by molar-refractivity contribution is 4.68. The molecular weight excluding hydrogens is 169 g/mol. The first-order valence-electron chi connectivity index (χ1n) is 5.20. The second-order valence-electron chi connectivity index (χ2n) is 3.27. The van der Waals surface area contributed by atoms with Crippen molar-refractivity contribution in [2.75, 3.05) is 26.4 Å². The summed E-state index contributed by atoms with van der Waals surface area (Å²) in [6.45, 7) is 5.61. The number of aliphatic hydroxyl groups is 1. The molecule has 80 valence electrons. The highest BCUT2D eigenvalue weighted by Gasteiger charge is 2.13. The zero-order chi connectivity index (χ0) is 10.1. The minimum Gasteiger partial charge on any atom is -0.395 e. The van der Waals surface area contributed by atoms with E-state index in [-0.39, 0.29) is 13.3 Å². The highest BCUT2D eigenvalue weighted by atomic mass is 19.1. The van der Waals surface area contributed by atoms with Crippen LogP contribution >= 0.6 is 0 Å². The lowest BCUT2D eigenvalue weighted by molar-refractivity contribution is 0.139. The van der Waals surface area contributed by atoms with Crippen LogP contribution in [0.2, 0.25) is 0 Å². The van der Waals surface area contributed by atoms with Crippen molar-refractivity contribution in [3.63, 3.8) is 0 Å². The van der Waals surface area contributed by atoms with Gasteiger partial charge in [0.25, 0.3) is 0 Å². The zero-order valence-electron chi connectivity index (χ0n) is 8.80. The van der Waals surface area contributed by atoms with Gasteiger partial charge in [0.2, 0.25) is 0 Å². The van der Waals surface area contributed by atoms with E-state index in [4.69, 9.17) is 5.11 Å². The standard InChI is InChI=1S/C10H22FNO/c1-3-10(4-2)12(8-9-13)7-5-6-11/h10,13H,3-9H2,1-2H3. The Morgan fingerprint density at radius 1 is 1.23 bits per heavy atom. The molecule has 0 aromatic rings. The monoisotopic (exact) mass is 191 g/mol. The summed E-state index contributed by atoms with van der Waals surface area (Å²) < 4.78 is 12.0. The second kappa shape index (κ2) is 8.45. The van der Waals surface area contributed by atoms with Crippen LogP contribution in [0.1, 0.15) is 33.1 Å². The van der Waals surface area contributed by atoms with E-state index in [0.29, 0.717) is 19.0 Å². The summed E-state index contributed by atoms with van der Waals surface area (Å²) in [5.41, 5.74) is 0. The van der Waals surface area contributed by atoms with E-state index in [1.165, 1.54) is 0 Å². The molecule has 0 aromatic carbocycles. The molecule has 2 nitrogen and oxygen atoms in total. The number of nitrogens with zero attached hydrogens (tertiary/aromatic N) is 1. The van der Waals surface area contributed by atoms with Gasteiger partial charge in [0.05, 0.1) is 13.3 Å². The Hall–Kier alpha value is -0.150. The average molecular weight is 191 g/mol. The molecule has 0 atom stereocenters. The van der Waals surface area contributed by atoms with Crippen LogP contribution in [0, 0.1) is 0 Å². The van der Waals surface area contributed by atoms with Gasteiger partial charge in [0, 0.05) is 19.1 Å². The Balaban J connectivity index is 3.88. The summed E-state index contributed by atoms with van der Waals surface area (Å²) in [5.74, 6) is 0. The summed E-state index contributed by atoms with van der Waals surface area (Å²) in [6.07, 6.45) is 2.72. The predicted molar refractivity (Wildman–Crippen MR) is 53.6 cm³/mol. The van der Waals surface area contributed by atoms with Crippen LogP contribution < -0.4 is 0 Å². The molecule has 0 saturated carbocycles. The van der Waals surface area contributed by atoms with Gasteiger partial charge in [-0.15, -0.1) is 0 Å². The highest BCUT2D eigenvalue weighted by Crippen LogP contribution is 2.08. The average Bonchev–Trinajstić information content (AvgIpc) is 2.16. The van der Waals surface area contributed by atoms with E-state index >= 15 is 0 Å². The van der Waals surface area contributed by atoms with Crippen LogP contribution in [0.4, 0.5) is 4.39 Å². The quantitative estimate of drug-likeness (QED) is 0.632. The van der Waals surface area contributed by atoms with Crippen molar-refractivity contribution in [2.45, 2.75) is 39.2 Å². The normalized spacial score (nSPS) is 11.5. The van der Waals surface area contributed by atoms with Crippen LogP contribution in [0.15, 0.2) is 0 Å². The number of halogens is 1. The third-order valence-electron chi connectivity index (χ3n) is 2.43. The lowest BCUT2D eigenvalue weighted by Gasteiger charge is -2.29. The van der Waals surface area contributed by atoms with Gasteiger partial charge in [0.15, 0.2) is 0 Å². The van der Waals surface area contributed by atoms with E-state index in [1.807, 2.05) is 0 Å². The van der Waals surface area contributed by atoms with Crippen molar-refractivity contribution in [1.29, 1.82) is 0 Å². The molecule has 0 spiro atoms. The first-order chi connectivity index (χ1) is 6.29. The predicted octanol–water partition coefficient (Wildman–Crippen LogP) is 1.83. The molecule has 1 N–H and O–H groups in total. The number of alkyl halides is 1. The Morgan fingerprint density at radius 2 is 1.85 bits per heavy atom. The summed E-state index contributed by atoms with van der Waals surface area (Å²) in [7, 11) is 0. The van der Waals surface area contributed by atoms with Gasteiger partial charge in [-0.2, -0.15) is 0 Å². The largest absolute Gasteiger partial charge is 0.395 e. The lowest BCUT2D eigenvalue weighted by Crippen LogP contribution is -2.37. The molecule has 13 heavy (non-hydrogen) atoms. The van der Waals surface area contributed by atoms with Crippen molar-refractivity contribution >= 4 is 0 Å². The SMILES string of the molecule is CCC(CC)N(CCO)CCCF. The fourth-order valence-electron chi connectivity index (χ4n) is 1.67. The fraction of sp³-hybridized carbons (Fsp3) is 1.00. The molecular formula is C10H22FNO. The van der Waals surface area contributed by atoms with Gasteiger partial charge >= 0.3 is 0 Å². The Morgan fingerprint density at radius 3 is 2.23 bits per heavy atom. The summed E-state index contributed by atoms with van der Waals surface area (Å²) >= 11 is 0. The molecule has 0 unspecified atom stereocenters. The van der Waals surface area contributed by atoms with E-state index in [0.717, 1.165) is 19.4 Å². The van der Waals surface area contributed by atoms with E-state index < -0.39 is 0 Å². The van der Waals surface area contributed by atoms with Gasteiger partial charge in [-0.1, -0.05) is 13.8 Å². The van der Waals surface area contributed by atoms with Crippen molar-refractivity contribution in [1.82, 2.24) is 4.90 Å². The third kappa shape index (κ3) is 5.21. The van der Waals surface area contributed by atoms with Crippen LogP contribution in [0.3, 0.4) is 0 Å². The van der Waals surface area contributed by atoms with Crippen LogP contribution in [0.5, 0.6) is 0 Å². The molecule has 0 rings (SSSR count). The molecule has 0 aromatic heterocycles. The van der Waals surface area contributed by atoms with Crippen molar-refractivity contribution in [2.24, 2.45) is 0 Å². The smallest absolute Gasteiger partial charge is 0.0906 e. The molecule has 0 fully saturated rings. The van der Waals surface area contributed by atoms with Crippen molar-refractivity contribution < 1.29 is 9.50 Å². The fourth-order valence-corrected chi connectivity index (χ4v) is 1.67. The Bertz CT molecular complexity index is 107. The van der Waals surface area contributed by atoms with Gasteiger partial charge in [0.1, 0.15) is 0 Å².